The highest BCUT2D eigenvalue weighted by atomic mass is 14.9. The molecule has 0 heterocycles. The van der Waals surface area contributed by atoms with Crippen LogP contribution in [0.3, 0.4) is 0 Å². The second-order valence-corrected chi connectivity index (χ2v) is 2.40. The SMILES string of the molecule is C=C.CNCCNc1ccccc1. The van der Waals surface area contributed by atoms with Crippen molar-refractivity contribution in [3.8, 4) is 0 Å². The lowest BCUT2D eigenvalue weighted by molar-refractivity contribution is 0.824. The Morgan fingerprint density at radius 2 is 1.69 bits per heavy atom. The summed E-state index contributed by atoms with van der Waals surface area (Å²) in [6, 6.07) is 10.2. The number of para-hydroxylation sites is 1. The maximum absolute atomic E-state index is 3.28. The van der Waals surface area contributed by atoms with Crippen LogP contribution in [-0.2, 0) is 0 Å². The van der Waals surface area contributed by atoms with Crippen LogP contribution >= 0.6 is 0 Å². The van der Waals surface area contributed by atoms with E-state index in [9.17, 15) is 0 Å². The fraction of sp³-hybridized carbons (Fsp3) is 0.273. The summed E-state index contributed by atoms with van der Waals surface area (Å²) < 4.78 is 0. The minimum atomic E-state index is 0.973. The van der Waals surface area contributed by atoms with Gasteiger partial charge in [-0.15, -0.1) is 13.2 Å². The van der Waals surface area contributed by atoms with E-state index in [2.05, 4.69) is 35.9 Å². The Morgan fingerprint density at radius 3 is 2.23 bits per heavy atom. The van der Waals surface area contributed by atoms with E-state index in [4.69, 9.17) is 0 Å². The van der Waals surface area contributed by atoms with Gasteiger partial charge in [-0.25, -0.2) is 0 Å². The molecular formula is C11H18N2. The summed E-state index contributed by atoms with van der Waals surface area (Å²) in [5.74, 6) is 0. The molecule has 2 N–H and O–H groups in total. The molecule has 13 heavy (non-hydrogen) atoms. The Labute approximate surface area is 80.7 Å². The molecule has 0 aromatic heterocycles. The topological polar surface area (TPSA) is 24.1 Å². The molecule has 0 spiro atoms. The Bertz CT molecular complexity index is 197. The third-order valence-corrected chi connectivity index (χ3v) is 1.48. The monoisotopic (exact) mass is 178 g/mol. The maximum atomic E-state index is 3.28. The number of benzene rings is 1. The summed E-state index contributed by atoms with van der Waals surface area (Å²) in [6.07, 6.45) is 0. The molecule has 0 atom stereocenters. The molecule has 2 nitrogen and oxygen atoms in total. The Hall–Kier alpha value is -1.28. The van der Waals surface area contributed by atoms with Crippen molar-refractivity contribution in [2.75, 3.05) is 25.5 Å². The van der Waals surface area contributed by atoms with Crippen LogP contribution in [-0.4, -0.2) is 20.1 Å². The predicted octanol–water partition coefficient (Wildman–Crippen LogP) is 2.12. The van der Waals surface area contributed by atoms with Gasteiger partial charge < -0.3 is 10.6 Å². The number of hydrogen-bond donors (Lipinski definition) is 2. The van der Waals surface area contributed by atoms with Crippen LogP contribution in [0.5, 0.6) is 0 Å². The van der Waals surface area contributed by atoms with Crippen molar-refractivity contribution in [3.63, 3.8) is 0 Å². The van der Waals surface area contributed by atoms with Gasteiger partial charge in [0.1, 0.15) is 0 Å². The van der Waals surface area contributed by atoms with E-state index in [1.54, 1.807) is 0 Å². The third-order valence-electron chi connectivity index (χ3n) is 1.48. The molecule has 0 aliphatic heterocycles. The van der Waals surface area contributed by atoms with Crippen molar-refractivity contribution in [1.29, 1.82) is 0 Å². The first-order valence-electron chi connectivity index (χ1n) is 4.37. The average Bonchev–Trinajstić information content (AvgIpc) is 2.23. The summed E-state index contributed by atoms with van der Waals surface area (Å²) in [6.45, 7) is 7.97. The zero-order chi connectivity index (χ0) is 9.94. The second-order valence-electron chi connectivity index (χ2n) is 2.40. The van der Waals surface area contributed by atoms with Crippen molar-refractivity contribution in [2.24, 2.45) is 0 Å². The molecule has 2 heteroatoms. The summed E-state index contributed by atoms with van der Waals surface area (Å²) >= 11 is 0. The van der Waals surface area contributed by atoms with Crippen LogP contribution in [0.15, 0.2) is 43.5 Å². The van der Waals surface area contributed by atoms with Gasteiger partial charge in [-0.1, -0.05) is 18.2 Å². The number of anilines is 1. The molecule has 0 aliphatic carbocycles. The molecule has 0 fully saturated rings. The molecule has 0 amide bonds. The first-order chi connectivity index (χ1) is 6.43. The predicted molar refractivity (Wildman–Crippen MR) is 60.1 cm³/mol. The smallest absolute Gasteiger partial charge is 0.0340 e. The summed E-state index contributed by atoms with van der Waals surface area (Å²) in [7, 11) is 1.95. The number of hydrogen-bond acceptors (Lipinski definition) is 2. The van der Waals surface area contributed by atoms with E-state index < -0.39 is 0 Å². The zero-order valence-corrected chi connectivity index (χ0v) is 8.22. The van der Waals surface area contributed by atoms with Gasteiger partial charge in [-0.05, 0) is 19.2 Å². The van der Waals surface area contributed by atoms with Crippen molar-refractivity contribution in [1.82, 2.24) is 5.32 Å². The van der Waals surface area contributed by atoms with Crippen LogP contribution in [0.2, 0.25) is 0 Å². The minimum absolute atomic E-state index is 0.973. The van der Waals surface area contributed by atoms with E-state index >= 15 is 0 Å². The second kappa shape index (κ2) is 8.81. The lowest BCUT2D eigenvalue weighted by atomic mass is 10.3. The standard InChI is InChI=1S/C9H14N2.C2H4/c1-10-7-8-11-9-5-3-2-4-6-9;1-2/h2-6,10-11H,7-8H2,1H3;1-2H2. The van der Waals surface area contributed by atoms with Crippen LogP contribution in [0, 0.1) is 0 Å². The quantitative estimate of drug-likeness (QED) is 0.545. The molecule has 0 aliphatic rings. The average molecular weight is 178 g/mol. The Balaban J connectivity index is 0.000000671. The fourth-order valence-corrected chi connectivity index (χ4v) is 0.888. The first kappa shape index (κ1) is 11.7. The van der Waals surface area contributed by atoms with Crippen molar-refractivity contribution in [3.05, 3.63) is 43.5 Å². The fourth-order valence-electron chi connectivity index (χ4n) is 0.888. The number of likely N-dealkylation sites (N-methyl/N-ethyl adjacent to an activating group) is 1. The Kier molecular flexibility index (Phi) is 7.95. The zero-order valence-electron chi connectivity index (χ0n) is 8.22. The van der Waals surface area contributed by atoms with Crippen LogP contribution in [0.1, 0.15) is 0 Å². The number of nitrogens with one attached hydrogen (secondary N) is 2. The molecule has 72 valence electrons. The van der Waals surface area contributed by atoms with Crippen LogP contribution in [0.25, 0.3) is 0 Å². The van der Waals surface area contributed by atoms with Gasteiger partial charge >= 0.3 is 0 Å². The third kappa shape index (κ3) is 5.93. The van der Waals surface area contributed by atoms with Gasteiger partial charge in [0.25, 0.3) is 0 Å². The molecule has 0 unspecified atom stereocenters. The van der Waals surface area contributed by atoms with Gasteiger partial charge in [0.15, 0.2) is 0 Å². The highest BCUT2D eigenvalue weighted by Crippen LogP contribution is 2.02. The molecule has 0 radical (unpaired) electrons. The van der Waals surface area contributed by atoms with Gasteiger partial charge in [0.05, 0.1) is 0 Å². The van der Waals surface area contributed by atoms with Gasteiger partial charge in [-0.3, -0.25) is 0 Å². The van der Waals surface area contributed by atoms with Crippen molar-refractivity contribution in [2.45, 2.75) is 0 Å². The van der Waals surface area contributed by atoms with E-state index in [1.165, 1.54) is 5.69 Å². The largest absolute Gasteiger partial charge is 0.384 e. The normalized spacial score (nSPS) is 8.38. The van der Waals surface area contributed by atoms with Gasteiger partial charge in [0, 0.05) is 18.8 Å². The molecule has 0 bridgehead atoms. The van der Waals surface area contributed by atoms with Gasteiger partial charge in [0.2, 0.25) is 0 Å². The lowest BCUT2D eigenvalue weighted by Crippen LogP contribution is -2.17. The van der Waals surface area contributed by atoms with E-state index in [1.807, 2.05) is 25.2 Å². The maximum Gasteiger partial charge on any atom is 0.0340 e. The van der Waals surface area contributed by atoms with Crippen LogP contribution < -0.4 is 10.6 Å². The molecule has 1 aromatic carbocycles. The minimum Gasteiger partial charge on any atom is -0.384 e. The van der Waals surface area contributed by atoms with Crippen LogP contribution in [0.4, 0.5) is 5.69 Å². The van der Waals surface area contributed by atoms with Crippen molar-refractivity contribution >= 4 is 5.69 Å². The molecular weight excluding hydrogens is 160 g/mol. The van der Waals surface area contributed by atoms with Gasteiger partial charge in [-0.2, -0.15) is 0 Å². The highest BCUT2D eigenvalue weighted by Gasteiger charge is 1.85. The Morgan fingerprint density at radius 1 is 1.08 bits per heavy atom. The number of rotatable bonds is 4. The summed E-state index contributed by atoms with van der Waals surface area (Å²) in [5.41, 5.74) is 1.18. The van der Waals surface area contributed by atoms with E-state index in [0.717, 1.165) is 13.1 Å². The molecule has 0 saturated heterocycles. The first-order valence-corrected chi connectivity index (χ1v) is 4.37. The molecule has 1 rings (SSSR count). The molecule has 1 aromatic rings. The summed E-state index contributed by atoms with van der Waals surface area (Å²) in [5, 5.41) is 6.36. The van der Waals surface area contributed by atoms with Crippen molar-refractivity contribution < 1.29 is 0 Å². The van der Waals surface area contributed by atoms with E-state index in [-0.39, 0.29) is 0 Å². The highest BCUT2D eigenvalue weighted by molar-refractivity contribution is 5.42. The lowest BCUT2D eigenvalue weighted by Gasteiger charge is -2.04. The van der Waals surface area contributed by atoms with E-state index in [0.29, 0.717) is 0 Å². The summed E-state index contributed by atoms with van der Waals surface area (Å²) in [4.78, 5) is 0. The molecule has 0 saturated carbocycles.